The summed E-state index contributed by atoms with van der Waals surface area (Å²) < 4.78 is 43.3. The molecule has 1 atom stereocenters. The van der Waals surface area contributed by atoms with Gasteiger partial charge in [-0.3, -0.25) is 0 Å². The number of hydrogen-bond acceptors (Lipinski definition) is 2. The number of rotatable bonds is 5. The topological polar surface area (TPSA) is 35.2 Å². The van der Waals surface area contributed by atoms with E-state index in [0.29, 0.717) is 13.2 Å². The Morgan fingerprint density at radius 1 is 1.00 bits per heavy atom. The molecule has 2 aromatic carbocycles. The second kappa shape index (κ2) is 6.83. The molecule has 0 aliphatic rings. The van der Waals surface area contributed by atoms with E-state index in [1.165, 1.54) is 12.1 Å². The molecule has 0 heterocycles. The average molecular weight is 309 g/mol. The lowest BCUT2D eigenvalue weighted by molar-refractivity contribution is -0.137. The maximum absolute atomic E-state index is 12.6. The first kappa shape index (κ1) is 16.4. The zero-order valence-electron chi connectivity index (χ0n) is 12.2. The summed E-state index contributed by atoms with van der Waals surface area (Å²) in [6, 6.07) is 12.6. The fourth-order valence-electron chi connectivity index (χ4n) is 2.08. The third-order valence-corrected chi connectivity index (χ3v) is 3.47. The molecule has 2 nitrogen and oxygen atoms in total. The Morgan fingerprint density at radius 3 is 2.09 bits per heavy atom. The molecular formula is C17H18F3NO. The predicted octanol–water partition coefficient (Wildman–Crippen LogP) is 4.14. The monoisotopic (exact) mass is 309 g/mol. The molecule has 5 heteroatoms. The minimum atomic E-state index is -4.32. The Morgan fingerprint density at radius 2 is 1.59 bits per heavy atom. The summed E-state index contributed by atoms with van der Waals surface area (Å²) in [4.78, 5) is 0. The van der Waals surface area contributed by atoms with Crippen molar-refractivity contribution in [1.82, 2.24) is 0 Å². The Hall–Kier alpha value is -2.01. The van der Waals surface area contributed by atoms with Crippen LogP contribution in [-0.4, -0.2) is 13.2 Å². The van der Waals surface area contributed by atoms with Crippen molar-refractivity contribution in [2.75, 3.05) is 13.2 Å². The zero-order valence-corrected chi connectivity index (χ0v) is 12.2. The Labute approximate surface area is 127 Å². The van der Waals surface area contributed by atoms with Crippen LogP contribution in [0.5, 0.6) is 5.75 Å². The van der Waals surface area contributed by atoms with Crippen LogP contribution in [0.3, 0.4) is 0 Å². The van der Waals surface area contributed by atoms with Crippen LogP contribution in [0.15, 0.2) is 48.5 Å². The quantitative estimate of drug-likeness (QED) is 0.901. The Bertz CT molecular complexity index is 591. The van der Waals surface area contributed by atoms with Crippen LogP contribution in [0.25, 0.3) is 0 Å². The maximum atomic E-state index is 12.6. The molecule has 1 unspecified atom stereocenters. The normalized spacial score (nSPS) is 13.0. The lowest BCUT2D eigenvalue weighted by Crippen LogP contribution is -2.20. The van der Waals surface area contributed by atoms with Crippen molar-refractivity contribution in [2.45, 2.75) is 19.0 Å². The van der Waals surface area contributed by atoms with Crippen LogP contribution in [0.4, 0.5) is 13.2 Å². The van der Waals surface area contributed by atoms with Gasteiger partial charge in [-0.05, 0) is 36.8 Å². The van der Waals surface area contributed by atoms with Gasteiger partial charge < -0.3 is 10.5 Å². The summed E-state index contributed by atoms with van der Waals surface area (Å²) >= 11 is 0. The fourth-order valence-corrected chi connectivity index (χ4v) is 2.08. The van der Waals surface area contributed by atoms with E-state index in [0.717, 1.165) is 29.0 Å². The summed E-state index contributed by atoms with van der Waals surface area (Å²) in [6.07, 6.45) is -4.32. The summed E-state index contributed by atoms with van der Waals surface area (Å²) in [7, 11) is 0. The first-order valence-corrected chi connectivity index (χ1v) is 6.97. The number of hydrogen-bond donors (Lipinski definition) is 1. The van der Waals surface area contributed by atoms with Gasteiger partial charge in [0.2, 0.25) is 0 Å². The lowest BCUT2D eigenvalue weighted by atomic mass is 9.99. The van der Waals surface area contributed by atoms with Gasteiger partial charge in [0.05, 0.1) is 12.2 Å². The van der Waals surface area contributed by atoms with Crippen molar-refractivity contribution in [1.29, 1.82) is 0 Å². The van der Waals surface area contributed by atoms with E-state index in [1.807, 2.05) is 31.2 Å². The van der Waals surface area contributed by atoms with Crippen molar-refractivity contribution >= 4 is 0 Å². The summed E-state index contributed by atoms with van der Waals surface area (Å²) in [6.45, 7) is 2.61. The van der Waals surface area contributed by atoms with Crippen LogP contribution >= 0.6 is 0 Å². The highest BCUT2D eigenvalue weighted by atomic mass is 19.4. The third kappa shape index (κ3) is 4.24. The average Bonchev–Trinajstić information content (AvgIpc) is 2.49. The van der Waals surface area contributed by atoms with Crippen LogP contribution in [0.1, 0.15) is 22.6 Å². The Kier molecular flexibility index (Phi) is 5.08. The van der Waals surface area contributed by atoms with Crippen molar-refractivity contribution in [3.63, 3.8) is 0 Å². The minimum Gasteiger partial charge on any atom is -0.493 e. The number of alkyl halides is 3. The van der Waals surface area contributed by atoms with Gasteiger partial charge >= 0.3 is 6.18 Å². The molecule has 118 valence electrons. The summed E-state index contributed by atoms with van der Waals surface area (Å²) in [5.74, 6) is 0.569. The Balaban J connectivity index is 2.03. The number of halogens is 3. The van der Waals surface area contributed by atoms with Gasteiger partial charge in [-0.25, -0.2) is 0 Å². The van der Waals surface area contributed by atoms with Crippen LogP contribution in [0.2, 0.25) is 0 Å². The molecule has 0 saturated heterocycles. The number of ether oxygens (including phenoxy) is 1. The van der Waals surface area contributed by atoms with Crippen molar-refractivity contribution in [3.8, 4) is 5.75 Å². The van der Waals surface area contributed by atoms with E-state index in [9.17, 15) is 13.2 Å². The standard InChI is InChI=1S/C17H18F3NO/c1-12-2-8-16(9-3-12)22-11-14(10-21)13-4-6-15(7-5-13)17(18,19)20/h2-9,14H,10-11,21H2,1H3. The van der Waals surface area contributed by atoms with E-state index in [4.69, 9.17) is 10.5 Å². The SMILES string of the molecule is Cc1ccc(OCC(CN)c2ccc(C(F)(F)F)cc2)cc1. The van der Waals surface area contributed by atoms with E-state index in [1.54, 1.807) is 0 Å². The number of aryl methyl sites for hydroxylation is 1. The predicted molar refractivity (Wildman–Crippen MR) is 79.9 cm³/mol. The number of nitrogens with two attached hydrogens (primary N) is 1. The lowest BCUT2D eigenvalue weighted by Gasteiger charge is -2.17. The highest BCUT2D eigenvalue weighted by Crippen LogP contribution is 2.30. The molecule has 0 saturated carbocycles. The largest absolute Gasteiger partial charge is 0.493 e. The maximum Gasteiger partial charge on any atom is 0.416 e. The molecule has 0 bridgehead atoms. The fraction of sp³-hybridized carbons (Fsp3) is 0.294. The van der Waals surface area contributed by atoms with Gasteiger partial charge in [0.15, 0.2) is 0 Å². The van der Waals surface area contributed by atoms with Crippen molar-refractivity contribution < 1.29 is 17.9 Å². The summed E-state index contributed by atoms with van der Waals surface area (Å²) in [5.41, 5.74) is 6.92. The third-order valence-electron chi connectivity index (χ3n) is 3.47. The second-order valence-electron chi connectivity index (χ2n) is 5.18. The molecule has 0 spiro atoms. The van der Waals surface area contributed by atoms with Crippen LogP contribution in [-0.2, 0) is 6.18 Å². The van der Waals surface area contributed by atoms with Gasteiger partial charge in [-0.15, -0.1) is 0 Å². The highest BCUT2D eigenvalue weighted by molar-refractivity contribution is 5.29. The molecule has 0 radical (unpaired) electrons. The van der Waals surface area contributed by atoms with Crippen molar-refractivity contribution in [2.24, 2.45) is 5.73 Å². The van der Waals surface area contributed by atoms with Crippen molar-refractivity contribution in [3.05, 3.63) is 65.2 Å². The molecule has 0 amide bonds. The first-order valence-electron chi connectivity index (χ1n) is 6.97. The van der Waals surface area contributed by atoms with Gasteiger partial charge in [-0.2, -0.15) is 13.2 Å². The van der Waals surface area contributed by atoms with Gasteiger partial charge in [0.1, 0.15) is 5.75 Å². The van der Waals surface area contributed by atoms with E-state index in [-0.39, 0.29) is 5.92 Å². The molecule has 0 aliphatic heterocycles. The van der Waals surface area contributed by atoms with Crippen LogP contribution in [0, 0.1) is 6.92 Å². The van der Waals surface area contributed by atoms with Gasteiger partial charge in [0.25, 0.3) is 0 Å². The first-order chi connectivity index (χ1) is 10.4. The second-order valence-corrected chi connectivity index (χ2v) is 5.18. The molecule has 0 aliphatic carbocycles. The summed E-state index contributed by atoms with van der Waals surface area (Å²) in [5, 5.41) is 0. The molecule has 22 heavy (non-hydrogen) atoms. The molecule has 2 rings (SSSR count). The minimum absolute atomic E-state index is 0.149. The van der Waals surface area contributed by atoms with Gasteiger partial charge in [-0.1, -0.05) is 29.8 Å². The molecule has 2 N–H and O–H groups in total. The zero-order chi connectivity index (χ0) is 16.2. The highest BCUT2D eigenvalue weighted by Gasteiger charge is 2.30. The molecule has 2 aromatic rings. The van der Waals surface area contributed by atoms with E-state index >= 15 is 0 Å². The molecular weight excluding hydrogens is 291 g/mol. The molecule has 0 fully saturated rings. The molecule has 0 aromatic heterocycles. The van der Waals surface area contributed by atoms with E-state index in [2.05, 4.69) is 0 Å². The number of benzene rings is 2. The van der Waals surface area contributed by atoms with Crippen LogP contribution < -0.4 is 10.5 Å². The smallest absolute Gasteiger partial charge is 0.416 e. The van der Waals surface area contributed by atoms with E-state index < -0.39 is 11.7 Å². The van der Waals surface area contributed by atoms with Gasteiger partial charge in [0, 0.05) is 12.5 Å².